The van der Waals surface area contributed by atoms with Crippen LogP contribution in [0, 0.1) is 0 Å². The summed E-state index contributed by atoms with van der Waals surface area (Å²) < 4.78 is 26.8. The van der Waals surface area contributed by atoms with Crippen LogP contribution in [-0.4, -0.2) is 25.2 Å². The summed E-state index contributed by atoms with van der Waals surface area (Å²) in [6.45, 7) is 4.76. The number of aliphatic hydroxyl groups is 1. The summed E-state index contributed by atoms with van der Waals surface area (Å²) in [4.78, 5) is 0. The maximum atomic E-state index is 11.9. The Morgan fingerprint density at radius 3 is 2.44 bits per heavy atom. The van der Waals surface area contributed by atoms with Crippen LogP contribution >= 0.6 is 22.9 Å². The van der Waals surface area contributed by atoms with Gasteiger partial charge in [-0.05, 0) is 32.9 Å². The fourth-order valence-corrected chi connectivity index (χ4v) is 3.88. The fraction of sp³-hybridized carbons (Fsp3) is 0.556. The van der Waals surface area contributed by atoms with Crippen LogP contribution in [0.3, 0.4) is 0 Å². The van der Waals surface area contributed by atoms with Gasteiger partial charge in [0.1, 0.15) is 4.21 Å². The smallest absolute Gasteiger partial charge is 0.250 e. The molecule has 0 amide bonds. The van der Waals surface area contributed by atoms with Crippen LogP contribution in [0.25, 0.3) is 0 Å². The lowest BCUT2D eigenvalue weighted by Gasteiger charge is -2.28. The first kappa shape index (κ1) is 13.9. The molecule has 1 unspecified atom stereocenters. The van der Waals surface area contributed by atoms with Crippen LogP contribution in [-0.2, 0) is 10.0 Å². The fourth-order valence-electron chi connectivity index (χ4n) is 0.924. The van der Waals surface area contributed by atoms with Gasteiger partial charge in [-0.2, -0.15) is 0 Å². The minimum Gasteiger partial charge on any atom is -0.391 e. The number of halogens is 1. The molecule has 1 aromatic rings. The molecule has 0 radical (unpaired) electrons. The van der Waals surface area contributed by atoms with Crippen LogP contribution in [0.5, 0.6) is 0 Å². The molecule has 0 aliphatic carbocycles. The zero-order valence-electron chi connectivity index (χ0n) is 9.19. The maximum absolute atomic E-state index is 11.9. The van der Waals surface area contributed by atoms with Crippen LogP contribution < -0.4 is 4.72 Å². The van der Waals surface area contributed by atoms with Gasteiger partial charge in [0, 0.05) is 0 Å². The summed E-state index contributed by atoms with van der Waals surface area (Å²) in [5.41, 5.74) is -0.921. The zero-order chi connectivity index (χ0) is 12.6. The van der Waals surface area contributed by atoms with E-state index in [0.29, 0.717) is 4.34 Å². The summed E-state index contributed by atoms with van der Waals surface area (Å²) in [6.07, 6.45) is -0.794. The van der Waals surface area contributed by atoms with Gasteiger partial charge in [0.05, 0.1) is 16.0 Å². The summed E-state index contributed by atoms with van der Waals surface area (Å²) >= 11 is 6.66. The van der Waals surface area contributed by atoms with E-state index >= 15 is 0 Å². The van der Waals surface area contributed by atoms with E-state index in [-0.39, 0.29) is 4.21 Å². The van der Waals surface area contributed by atoms with Crippen LogP contribution in [0.15, 0.2) is 16.3 Å². The Bertz CT molecular complexity index is 465. The van der Waals surface area contributed by atoms with E-state index in [1.54, 1.807) is 13.8 Å². The number of nitrogens with one attached hydrogen (secondary N) is 1. The third-order valence-corrected chi connectivity index (χ3v) is 5.65. The van der Waals surface area contributed by atoms with Gasteiger partial charge in [-0.3, -0.25) is 0 Å². The number of thiophene rings is 1. The van der Waals surface area contributed by atoms with Crippen molar-refractivity contribution in [1.82, 2.24) is 4.72 Å². The van der Waals surface area contributed by atoms with E-state index in [1.807, 2.05) is 0 Å². The molecule has 0 aliphatic rings. The van der Waals surface area contributed by atoms with E-state index in [0.717, 1.165) is 11.3 Å². The quantitative estimate of drug-likeness (QED) is 0.886. The molecule has 7 heteroatoms. The first-order valence-electron chi connectivity index (χ1n) is 4.62. The van der Waals surface area contributed by atoms with Crippen molar-refractivity contribution >= 4 is 33.0 Å². The molecule has 1 atom stereocenters. The van der Waals surface area contributed by atoms with Crippen molar-refractivity contribution in [2.45, 2.75) is 36.6 Å². The second-order valence-electron chi connectivity index (χ2n) is 4.06. The van der Waals surface area contributed by atoms with Crippen molar-refractivity contribution in [3.63, 3.8) is 0 Å². The van der Waals surface area contributed by atoms with Crippen molar-refractivity contribution < 1.29 is 13.5 Å². The lowest BCUT2D eigenvalue weighted by atomic mass is 10.0. The molecule has 1 heterocycles. The Morgan fingerprint density at radius 1 is 1.50 bits per heavy atom. The number of hydrogen-bond acceptors (Lipinski definition) is 4. The third kappa shape index (κ3) is 3.18. The van der Waals surface area contributed by atoms with Crippen LogP contribution in [0.4, 0.5) is 0 Å². The molecule has 0 aliphatic heterocycles. The van der Waals surface area contributed by atoms with Gasteiger partial charge in [-0.1, -0.05) is 11.6 Å². The molecule has 0 bridgehead atoms. The second-order valence-corrected chi connectivity index (χ2v) is 7.69. The topological polar surface area (TPSA) is 66.4 Å². The zero-order valence-corrected chi connectivity index (χ0v) is 11.6. The highest BCUT2D eigenvalue weighted by Crippen LogP contribution is 2.26. The van der Waals surface area contributed by atoms with E-state index in [4.69, 9.17) is 11.6 Å². The second kappa shape index (κ2) is 4.62. The Labute approximate surface area is 104 Å². The molecule has 16 heavy (non-hydrogen) atoms. The lowest BCUT2D eigenvalue weighted by Crippen LogP contribution is -2.50. The molecule has 0 aromatic carbocycles. The molecule has 0 saturated heterocycles. The molecule has 0 fully saturated rings. The Morgan fingerprint density at radius 2 is 2.06 bits per heavy atom. The summed E-state index contributed by atoms with van der Waals surface area (Å²) in [7, 11) is -3.62. The number of hydrogen-bond donors (Lipinski definition) is 2. The normalized spacial score (nSPS) is 15.1. The van der Waals surface area contributed by atoms with Gasteiger partial charge in [0.25, 0.3) is 10.0 Å². The van der Waals surface area contributed by atoms with Gasteiger partial charge < -0.3 is 5.11 Å². The molecule has 2 N–H and O–H groups in total. The minimum atomic E-state index is -3.62. The third-order valence-electron chi connectivity index (χ3n) is 2.26. The largest absolute Gasteiger partial charge is 0.391 e. The monoisotopic (exact) mass is 283 g/mol. The first-order chi connectivity index (χ1) is 7.15. The highest BCUT2D eigenvalue weighted by atomic mass is 35.5. The van der Waals surface area contributed by atoms with Crippen molar-refractivity contribution in [2.24, 2.45) is 0 Å². The molecule has 4 nitrogen and oxygen atoms in total. The van der Waals surface area contributed by atoms with Gasteiger partial charge in [-0.25, -0.2) is 13.1 Å². The average molecular weight is 284 g/mol. The van der Waals surface area contributed by atoms with E-state index in [9.17, 15) is 13.5 Å². The van der Waals surface area contributed by atoms with Gasteiger partial charge >= 0.3 is 0 Å². The SMILES string of the molecule is CC(O)C(C)(C)NS(=O)(=O)c1ccc(Cl)s1. The molecular formula is C9H14ClNO3S2. The predicted octanol–water partition coefficient (Wildman–Crippen LogP) is 1.84. The Hall–Kier alpha value is -0.140. The van der Waals surface area contributed by atoms with Gasteiger partial charge in [0.2, 0.25) is 0 Å². The van der Waals surface area contributed by atoms with E-state index < -0.39 is 21.7 Å². The van der Waals surface area contributed by atoms with E-state index in [2.05, 4.69) is 4.72 Å². The average Bonchev–Trinajstić information content (AvgIpc) is 2.50. The standard InChI is InChI=1S/C9H14ClNO3S2/c1-6(12)9(2,3)11-16(13,14)8-5-4-7(10)15-8/h4-6,11-12H,1-3H3. The predicted molar refractivity (Wildman–Crippen MR) is 65.4 cm³/mol. The van der Waals surface area contributed by atoms with Crippen LogP contribution in [0.2, 0.25) is 4.34 Å². The molecule has 0 saturated carbocycles. The Kier molecular flexibility index (Phi) is 4.02. The summed E-state index contributed by atoms with van der Waals surface area (Å²) in [6, 6.07) is 2.96. The van der Waals surface area contributed by atoms with Crippen molar-refractivity contribution in [3.05, 3.63) is 16.5 Å². The van der Waals surface area contributed by atoms with Gasteiger partial charge in [0.15, 0.2) is 0 Å². The van der Waals surface area contributed by atoms with Crippen molar-refractivity contribution in [2.75, 3.05) is 0 Å². The molecular weight excluding hydrogens is 270 g/mol. The molecule has 1 aromatic heterocycles. The lowest BCUT2D eigenvalue weighted by molar-refractivity contribution is 0.112. The summed E-state index contributed by atoms with van der Waals surface area (Å²) in [5.74, 6) is 0. The van der Waals surface area contributed by atoms with Gasteiger partial charge in [-0.15, -0.1) is 11.3 Å². The van der Waals surface area contributed by atoms with Crippen LogP contribution in [0.1, 0.15) is 20.8 Å². The highest BCUT2D eigenvalue weighted by molar-refractivity contribution is 7.91. The number of aliphatic hydroxyl groups excluding tert-OH is 1. The molecule has 92 valence electrons. The van der Waals surface area contributed by atoms with Crippen molar-refractivity contribution in [3.8, 4) is 0 Å². The molecule has 0 spiro atoms. The first-order valence-corrected chi connectivity index (χ1v) is 7.30. The number of sulfonamides is 1. The highest BCUT2D eigenvalue weighted by Gasteiger charge is 2.31. The minimum absolute atomic E-state index is 0.145. The van der Waals surface area contributed by atoms with E-state index in [1.165, 1.54) is 19.1 Å². The maximum Gasteiger partial charge on any atom is 0.250 e. The summed E-state index contributed by atoms with van der Waals surface area (Å²) in [5, 5.41) is 9.45. The van der Waals surface area contributed by atoms with Crippen molar-refractivity contribution in [1.29, 1.82) is 0 Å². The molecule has 1 rings (SSSR count). The number of rotatable bonds is 4. The Balaban J connectivity index is 2.97.